The molecular weight excluding hydrogens is 229 g/mol. The van der Waals surface area contributed by atoms with E-state index in [1.807, 2.05) is 0 Å². The molecule has 1 rings (SSSR count). The zero-order valence-corrected chi connectivity index (χ0v) is 9.22. The topological polar surface area (TPSA) is 89.5 Å². The highest BCUT2D eigenvalue weighted by Gasteiger charge is 2.23. The first kappa shape index (κ1) is 12.9. The van der Waals surface area contributed by atoms with Crippen LogP contribution in [0.5, 0.6) is 0 Å². The first-order valence-electron chi connectivity index (χ1n) is 4.93. The molecular formula is C10H12FN3O3. The molecule has 0 aliphatic heterocycles. The van der Waals surface area contributed by atoms with Gasteiger partial charge >= 0.3 is 5.69 Å². The van der Waals surface area contributed by atoms with E-state index in [0.29, 0.717) is 6.54 Å². The average molecular weight is 241 g/mol. The molecule has 0 aliphatic carbocycles. The van der Waals surface area contributed by atoms with Crippen molar-refractivity contribution in [3.63, 3.8) is 0 Å². The van der Waals surface area contributed by atoms with Gasteiger partial charge in [0.05, 0.1) is 11.5 Å². The van der Waals surface area contributed by atoms with Crippen molar-refractivity contribution in [1.29, 1.82) is 0 Å². The van der Waals surface area contributed by atoms with Crippen molar-refractivity contribution in [3.05, 3.63) is 34.1 Å². The summed E-state index contributed by atoms with van der Waals surface area (Å²) >= 11 is 0. The average Bonchev–Trinajstić information content (AvgIpc) is 2.24. The van der Waals surface area contributed by atoms with Crippen LogP contribution in [0.3, 0.4) is 0 Å². The van der Waals surface area contributed by atoms with Crippen LogP contribution in [0.2, 0.25) is 0 Å². The first-order chi connectivity index (χ1) is 7.97. The van der Waals surface area contributed by atoms with Crippen LogP contribution in [0, 0.1) is 15.9 Å². The molecule has 0 unspecified atom stereocenters. The number of hydrogen-bond donors (Lipinski definition) is 1. The van der Waals surface area contributed by atoms with E-state index in [4.69, 9.17) is 5.73 Å². The number of amides is 1. The molecule has 0 heterocycles. The zero-order valence-electron chi connectivity index (χ0n) is 9.22. The van der Waals surface area contributed by atoms with Crippen molar-refractivity contribution in [2.75, 3.05) is 18.0 Å². The number of carbonyl (C=O) groups is 1. The van der Waals surface area contributed by atoms with Gasteiger partial charge in [0, 0.05) is 6.54 Å². The molecule has 92 valence electrons. The highest BCUT2D eigenvalue weighted by atomic mass is 19.1. The number of hydrogen-bond acceptors (Lipinski definition) is 4. The summed E-state index contributed by atoms with van der Waals surface area (Å²) in [6.45, 7) is 1.81. The Morgan fingerprint density at radius 2 is 2.24 bits per heavy atom. The second-order valence-electron chi connectivity index (χ2n) is 3.35. The SMILES string of the molecule is CCN(CC(N)=O)c1cccc(F)c1[N+](=O)[O-]. The predicted molar refractivity (Wildman–Crippen MR) is 60.1 cm³/mol. The van der Waals surface area contributed by atoms with Gasteiger partial charge in [-0.2, -0.15) is 4.39 Å². The maximum atomic E-state index is 13.4. The number of anilines is 1. The van der Waals surface area contributed by atoms with Crippen molar-refractivity contribution in [2.45, 2.75) is 6.92 Å². The molecule has 0 spiro atoms. The number of nitrogens with two attached hydrogens (primary N) is 1. The van der Waals surface area contributed by atoms with Crippen molar-refractivity contribution >= 4 is 17.3 Å². The van der Waals surface area contributed by atoms with Gasteiger partial charge in [0.15, 0.2) is 0 Å². The summed E-state index contributed by atoms with van der Waals surface area (Å²) in [5.74, 6) is -1.57. The molecule has 0 radical (unpaired) electrons. The molecule has 0 bridgehead atoms. The van der Waals surface area contributed by atoms with Crippen LogP contribution in [-0.2, 0) is 4.79 Å². The molecule has 0 aliphatic rings. The van der Waals surface area contributed by atoms with Crippen LogP contribution >= 0.6 is 0 Å². The van der Waals surface area contributed by atoms with Crippen molar-refractivity contribution in [3.8, 4) is 0 Å². The van der Waals surface area contributed by atoms with Crippen molar-refractivity contribution in [2.24, 2.45) is 5.73 Å². The van der Waals surface area contributed by atoms with Gasteiger partial charge in [-0.05, 0) is 19.1 Å². The van der Waals surface area contributed by atoms with Gasteiger partial charge in [0.2, 0.25) is 11.7 Å². The summed E-state index contributed by atoms with van der Waals surface area (Å²) in [7, 11) is 0. The number of likely N-dealkylation sites (N-methyl/N-ethyl adjacent to an activating group) is 1. The maximum Gasteiger partial charge on any atom is 0.327 e. The predicted octanol–water partition coefficient (Wildman–Crippen LogP) is 1.05. The molecule has 1 aromatic carbocycles. The van der Waals surface area contributed by atoms with Crippen LogP contribution in [0.15, 0.2) is 18.2 Å². The maximum absolute atomic E-state index is 13.4. The quantitative estimate of drug-likeness (QED) is 0.616. The minimum absolute atomic E-state index is 0.0521. The number of primary amides is 1. The lowest BCUT2D eigenvalue weighted by Gasteiger charge is -2.20. The number of nitro groups is 1. The Labute approximate surface area is 97.0 Å². The van der Waals surface area contributed by atoms with Crippen LogP contribution in [0.4, 0.5) is 15.8 Å². The molecule has 0 fully saturated rings. The summed E-state index contributed by atoms with van der Waals surface area (Å²) in [5.41, 5.74) is 4.44. The van der Waals surface area contributed by atoms with Gasteiger partial charge in [0.25, 0.3) is 0 Å². The number of para-hydroxylation sites is 1. The number of halogens is 1. The lowest BCUT2D eigenvalue weighted by atomic mass is 10.2. The van der Waals surface area contributed by atoms with Gasteiger partial charge < -0.3 is 10.6 Å². The fraction of sp³-hybridized carbons (Fsp3) is 0.300. The molecule has 2 N–H and O–H groups in total. The number of rotatable bonds is 5. The van der Waals surface area contributed by atoms with Crippen LogP contribution in [0.25, 0.3) is 0 Å². The standard InChI is InChI=1S/C10H12FN3O3/c1-2-13(6-9(12)15)8-5-3-4-7(11)10(8)14(16)17/h3-5H,2,6H2,1H3,(H2,12,15). The minimum atomic E-state index is -0.935. The van der Waals surface area contributed by atoms with E-state index in [0.717, 1.165) is 6.07 Å². The highest BCUT2D eigenvalue weighted by molar-refractivity contribution is 5.81. The summed E-state index contributed by atoms with van der Waals surface area (Å²) in [4.78, 5) is 22.1. The molecule has 17 heavy (non-hydrogen) atoms. The molecule has 0 atom stereocenters. The molecule has 1 amide bonds. The summed E-state index contributed by atoms with van der Waals surface area (Å²) in [5, 5.41) is 10.8. The van der Waals surface area contributed by atoms with Gasteiger partial charge in [-0.3, -0.25) is 14.9 Å². The number of carbonyl (C=O) groups excluding carboxylic acids is 1. The zero-order chi connectivity index (χ0) is 13.0. The Bertz CT molecular complexity index is 450. The molecule has 6 nitrogen and oxygen atoms in total. The summed E-state index contributed by atoms with van der Waals surface area (Å²) < 4.78 is 13.4. The molecule has 1 aromatic rings. The molecule has 0 saturated heterocycles. The Kier molecular flexibility index (Phi) is 3.97. The number of benzene rings is 1. The van der Waals surface area contributed by atoms with Crippen molar-refractivity contribution < 1.29 is 14.1 Å². The van der Waals surface area contributed by atoms with E-state index in [1.165, 1.54) is 17.0 Å². The van der Waals surface area contributed by atoms with E-state index < -0.39 is 22.3 Å². The Balaban J connectivity index is 3.23. The summed E-state index contributed by atoms with van der Waals surface area (Å²) in [6, 6.07) is 3.73. The van der Waals surface area contributed by atoms with Crippen LogP contribution < -0.4 is 10.6 Å². The van der Waals surface area contributed by atoms with E-state index in [1.54, 1.807) is 6.92 Å². The van der Waals surface area contributed by atoms with E-state index in [9.17, 15) is 19.3 Å². The van der Waals surface area contributed by atoms with Gasteiger partial charge in [-0.1, -0.05) is 6.07 Å². The van der Waals surface area contributed by atoms with Gasteiger partial charge in [-0.15, -0.1) is 0 Å². The lowest BCUT2D eigenvalue weighted by Crippen LogP contribution is -2.34. The third kappa shape index (κ3) is 2.90. The monoisotopic (exact) mass is 241 g/mol. The van der Waals surface area contributed by atoms with E-state index >= 15 is 0 Å². The Hall–Kier alpha value is -2.18. The Morgan fingerprint density at radius 1 is 1.59 bits per heavy atom. The molecule has 0 saturated carbocycles. The third-order valence-electron chi connectivity index (χ3n) is 2.22. The second-order valence-corrected chi connectivity index (χ2v) is 3.35. The molecule has 7 heteroatoms. The van der Waals surface area contributed by atoms with Crippen molar-refractivity contribution in [1.82, 2.24) is 0 Å². The largest absolute Gasteiger partial charge is 0.368 e. The highest BCUT2D eigenvalue weighted by Crippen LogP contribution is 2.30. The lowest BCUT2D eigenvalue weighted by molar-refractivity contribution is -0.386. The Morgan fingerprint density at radius 3 is 2.71 bits per heavy atom. The second kappa shape index (κ2) is 5.24. The minimum Gasteiger partial charge on any atom is -0.368 e. The molecule has 0 aromatic heterocycles. The number of nitro benzene ring substituents is 1. The van der Waals surface area contributed by atoms with Gasteiger partial charge in [-0.25, -0.2) is 0 Å². The first-order valence-corrected chi connectivity index (χ1v) is 4.93. The normalized spacial score (nSPS) is 10.0. The van der Waals surface area contributed by atoms with Crippen LogP contribution in [0.1, 0.15) is 6.92 Å². The van der Waals surface area contributed by atoms with Gasteiger partial charge in [0.1, 0.15) is 5.69 Å². The van der Waals surface area contributed by atoms with E-state index in [2.05, 4.69) is 0 Å². The fourth-order valence-corrected chi connectivity index (χ4v) is 1.50. The number of nitrogens with zero attached hydrogens (tertiary/aromatic N) is 2. The van der Waals surface area contributed by atoms with Crippen LogP contribution in [-0.4, -0.2) is 23.9 Å². The fourth-order valence-electron chi connectivity index (χ4n) is 1.50. The summed E-state index contributed by atoms with van der Waals surface area (Å²) in [6.07, 6.45) is 0. The smallest absolute Gasteiger partial charge is 0.327 e. The van der Waals surface area contributed by atoms with E-state index in [-0.39, 0.29) is 12.2 Å². The third-order valence-corrected chi connectivity index (χ3v) is 2.22.